The molecule has 1 aliphatic heterocycles. The van der Waals surface area contributed by atoms with Gasteiger partial charge >= 0.3 is 0 Å². The molecule has 0 bridgehead atoms. The van der Waals surface area contributed by atoms with Gasteiger partial charge in [-0.05, 0) is 31.5 Å². The van der Waals surface area contributed by atoms with Crippen LogP contribution in [0.25, 0.3) is 0 Å². The Kier molecular flexibility index (Phi) is 5.52. The molecule has 1 N–H and O–H groups in total. The lowest BCUT2D eigenvalue weighted by molar-refractivity contribution is 0.267. The Balaban J connectivity index is 0.00000161. The highest BCUT2D eigenvalue weighted by molar-refractivity contribution is 5.85. The first-order valence-electron chi connectivity index (χ1n) is 6.76. The van der Waals surface area contributed by atoms with Crippen molar-refractivity contribution in [3.8, 4) is 5.75 Å². The van der Waals surface area contributed by atoms with E-state index in [-0.39, 0.29) is 30.8 Å². The van der Waals surface area contributed by atoms with Gasteiger partial charge in [0.1, 0.15) is 0 Å². The van der Waals surface area contributed by atoms with Crippen molar-refractivity contribution >= 4 is 12.4 Å². The van der Waals surface area contributed by atoms with E-state index < -0.39 is 5.82 Å². The highest BCUT2D eigenvalue weighted by atomic mass is 35.5. The van der Waals surface area contributed by atoms with Crippen LogP contribution in [0, 0.1) is 5.82 Å². The van der Waals surface area contributed by atoms with Crippen LogP contribution in [-0.2, 0) is 6.61 Å². The van der Waals surface area contributed by atoms with Crippen molar-refractivity contribution in [1.82, 2.24) is 15.5 Å². The van der Waals surface area contributed by atoms with E-state index in [4.69, 9.17) is 9.26 Å². The van der Waals surface area contributed by atoms with Gasteiger partial charge in [0.25, 0.3) is 0 Å². The van der Waals surface area contributed by atoms with Crippen LogP contribution in [-0.4, -0.2) is 16.7 Å². The molecule has 3 rings (SSSR count). The van der Waals surface area contributed by atoms with Crippen molar-refractivity contribution in [2.75, 3.05) is 6.54 Å². The zero-order valence-electron chi connectivity index (χ0n) is 11.4. The predicted octanol–water partition coefficient (Wildman–Crippen LogP) is 3.02. The van der Waals surface area contributed by atoms with Gasteiger partial charge in [-0.3, -0.25) is 0 Å². The molecule has 2 heterocycles. The number of halogens is 2. The monoisotopic (exact) mass is 313 g/mol. The molecule has 2 aromatic rings. The van der Waals surface area contributed by atoms with Crippen LogP contribution in [0.4, 0.5) is 4.39 Å². The van der Waals surface area contributed by atoms with Crippen LogP contribution < -0.4 is 10.1 Å². The van der Waals surface area contributed by atoms with Crippen molar-refractivity contribution in [3.05, 3.63) is 41.8 Å². The Morgan fingerprint density at radius 3 is 2.95 bits per heavy atom. The van der Waals surface area contributed by atoms with Gasteiger partial charge in [0.15, 0.2) is 18.2 Å². The van der Waals surface area contributed by atoms with Crippen molar-refractivity contribution < 1.29 is 13.7 Å². The summed E-state index contributed by atoms with van der Waals surface area (Å²) in [6.07, 6.45) is 3.32. The largest absolute Gasteiger partial charge is 0.482 e. The summed E-state index contributed by atoms with van der Waals surface area (Å²) in [7, 11) is 0. The maximum Gasteiger partial charge on any atom is 0.243 e. The summed E-state index contributed by atoms with van der Waals surface area (Å²) in [6.45, 7) is 1.06. The molecule has 0 spiro atoms. The number of ether oxygens (including phenoxy) is 1. The summed E-state index contributed by atoms with van der Waals surface area (Å²) < 4.78 is 24.0. The molecule has 1 aliphatic rings. The van der Waals surface area contributed by atoms with E-state index in [1.807, 2.05) is 0 Å². The SMILES string of the molecule is Cl.Fc1ccccc1OCc1noc([C@@H]2CCCCN2)n1. The zero-order chi connectivity index (χ0) is 13.8. The maximum atomic E-state index is 13.4. The standard InChI is InChI=1S/C14H16FN3O2.ClH/c15-10-5-1-2-7-12(10)19-9-13-17-14(20-18-13)11-6-3-4-8-16-11;/h1-2,5,7,11,16H,3-4,6,8-9H2;1H/t11-;/m0./s1. The number of nitrogens with one attached hydrogen (secondary N) is 1. The Morgan fingerprint density at radius 2 is 2.19 bits per heavy atom. The fourth-order valence-corrected chi connectivity index (χ4v) is 2.23. The van der Waals surface area contributed by atoms with Gasteiger partial charge in [-0.1, -0.05) is 23.7 Å². The molecule has 1 aromatic heterocycles. The number of piperidine rings is 1. The zero-order valence-corrected chi connectivity index (χ0v) is 12.2. The second-order valence-electron chi connectivity index (χ2n) is 4.77. The molecule has 21 heavy (non-hydrogen) atoms. The molecule has 7 heteroatoms. The van der Waals surface area contributed by atoms with E-state index in [0.29, 0.717) is 11.7 Å². The second-order valence-corrected chi connectivity index (χ2v) is 4.77. The van der Waals surface area contributed by atoms with Crippen molar-refractivity contribution in [2.24, 2.45) is 0 Å². The third-order valence-corrected chi connectivity index (χ3v) is 3.29. The lowest BCUT2D eigenvalue weighted by Gasteiger charge is -2.19. The Bertz CT molecular complexity index is 573. The van der Waals surface area contributed by atoms with Gasteiger partial charge in [0.05, 0.1) is 6.04 Å². The van der Waals surface area contributed by atoms with Crippen molar-refractivity contribution in [1.29, 1.82) is 0 Å². The third-order valence-electron chi connectivity index (χ3n) is 3.29. The molecule has 114 valence electrons. The summed E-state index contributed by atoms with van der Waals surface area (Å²) in [5.41, 5.74) is 0. The molecule has 1 fully saturated rings. The number of hydrogen-bond acceptors (Lipinski definition) is 5. The van der Waals surface area contributed by atoms with Gasteiger partial charge in [0.2, 0.25) is 11.7 Å². The van der Waals surface area contributed by atoms with Crippen LogP contribution >= 0.6 is 12.4 Å². The highest BCUT2D eigenvalue weighted by Crippen LogP contribution is 2.22. The number of aromatic nitrogens is 2. The van der Waals surface area contributed by atoms with Crippen LogP contribution in [0.5, 0.6) is 5.75 Å². The van der Waals surface area contributed by atoms with Gasteiger partial charge in [0, 0.05) is 0 Å². The van der Waals surface area contributed by atoms with E-state index in [9.17, 15) is 4.39 Å². The predicted molar refractivity (Wildman–Crippen MR) is 76.9 cm³/mol. The highest BCUT2D eigenvalue weighted by Gasteiger charge is 2.21. The molecular formula is C14H17ClFN3O2. The molecule has 0 unspecified atom stereocenters. The molecule has 0 amide bonds. The second kappa shape index (κ2) is 7.38. The Morgan fingerprint density at radius 1 is 1.33 bits per heavy atom. The van der Waals surface area contributed by atoms with Gasteiger partial charge < -0.3 is 14.6 Å². The number of benzene rings is 1. The quantitative estimate of drug-likeness (QED) is 0.940. The van der Waals surface area contributed by atoms with Gasteiger partial charge in [-0.2, -0.15) is 4.98 Å². The fraction of sp³-hybridized carbons (Fsp3) is 0.429. The van der Waals surface area contributed by atoms with E-state index in [1.165, 1.54) is 12.5 Å². The average molecular weight is 314 g/mol. The minimum absolute atomic E-state index is 0. The van der Waals surface area contributed by atoms with E-state index >= 15 is 0 Å². The van der Waals surface area contributed by atoms with Gasteiger partial charge in [-0.25, -0.2) is 4.39 Å². The first-order valence-corrected chi connectivity index (χ1v) is 6.76. The van der Waals surface area contributed by atoms with Crippen LogP contribution in [0.3, 0.4) is 0 Å². The van der Waals surface area contributed by atoms with Crippen LogP contribution in [0.2, 0.25) is 0 Å². The molecular weight excluding hydrogens is 297 g/mol. The molecule has 1 saturated heterocycles. The number of hydrogen-bond donors (Lipinski definition) is 1. The van der Waals surface area contributed by atoms with E-state index in [0.717, 1.165) is 19.4 Å². The van der Waals surface area contributed by atoms with E-state index in [1.54, 1.807) is 18.2 Å². The summed E-state index contributed by atoms with van der Waals surface area (Å²) in [6, 6.07) is 6.37. The Labute approximate surface area is 128 Å². The van der Waals surface area contributed by atoms with Crippen molar-refractivity contribution in [3.63, 3.8) is 0 Å². The molecule has 5 nitrogen and oxygen atoms in total. The number of nitrogens with zero attached hydrogens (tertiary/aromatic N) is 2. The lowest BCUT2D eigenvalue weighted by atomic mass is 10.1. The third kappa shape index (κ3) is 3.92. The first-order chi connectivity index (χ1) is 9.83. The van der Waals surface area contributed by atoms with Crippen LogP contribution in [0.1, 0.15) is 37.0 Å². The summed E-state index contributed by atoms with van der Waals surface area (Å²) >= 11 is 0. The van der Waals surface area contributed by atoms with E-state index in [2.05, 4.69) is 15.5 Å². The molecule has 1 aromatic carbocycles. The topological polar surface area (TPSA) is 60.2 Å². The summed E-state index contributed by atoms with van der Waals surface area (Å²) in [4.78, 5) is 4.29. The average Bonchev–Trinajstić information content (AvgIpc) is 2.96. The normalized spacial score (nSPS) is 18.0. The molecule has 0 saturated carbocycles. The minimum Gasteiger partial charge on any atom is -0.482 e. The maximum absolute atomic E-state index is 13.4. The Hall–Kier alpha value is -1.66. The molecule has 1 atom stereocenters. The number of rotatable bonds is 4. The first kappa shape index (κ1) is 15.7. The van der Waals surface area contributed by atoms with Crippen molar-refractivity contribution in [2.45, 2.75) is 31.9 Å². The van der Waals surface area contributed by atoms with Crippen LogP contribution in [0.15, 0.2) is 28.8 Å². The molecule has 0 radical (unpaired) electrons. The number of para-hydroxylation sites is 1. The van der Waals surface area contributed by atoms with Gasteiger partial charge in [-0.15, -0.1) is 12.4 Å². The lowest BCUT2D eigenvalue weighted by Crippen LogP contribution is -2.27. The summed E-state index contributed by atoms with van der Waals surface area (Å²) in [5, 5.41) is 7.20. The smallest absolute Gasteiger partial charge is 0.243 e. The fourth-order valence-electron chi connectivity index (χ4n) is 2.23. The summed E-state index contributed by atoms with van der Waals surface area (Å²) in [5.74, 6) is 0.798. The minimum atomic E-state index is -0.398. The molecule has 0 aliphatic carbocycles.